The molecule has 0 atom stereocenters. The van der Waals surface area contributed by atoms with Crippen LogP contribution in [-0.2, 0) is 13.0 Å². The smallest absolute Gasteiger partial charge is 0.109 e. The largest absolute Gasteiger partial charge is 0.334 e. The maximum absolute atomic E-state index is 4.77. The van der Waals surface area contributed by atoms with Crippen LogP contribution in [0.1, 0.15) is 12.2 Å². The summed E-state index contributed by atoms with van der Waals surface area (Å²) >= 11 is 0. The fourth-order valence-corrected chi connectivity index (χ4v) is 2.82. The molecule has 1 aliphatic heterocycles. The Morgan fingerprint density at radius 1 is 1.00 bits per heavy atom. The zero-order chi connectivity index (χ0) is 13.4. The minimum absolute atomic E-state index is 1.00. The first kappa shape index (κ1) is 11.4. The Balaban J connectivity index is 1.86. The molecule has 1 aromatic carbocycles. The molecule has 0 saturated carbocycles. The third kappa shape index (κ3) is 1.83. The van der Waals surface area contributed by atoms with E-state index in [0.29, 0.717) is 0 Å². The fourth-order valence-electron chi connectivity index (χ4n) is 2.82. The van der Waals surface area contributed by atoms with Crippen LogP contribution in [0.25, 0.3) is 22.5 Å². The maximum Gasteiger partial charge on any atom is 0.109 e. The molecule has 98 valence electrons. The van der Waals surface area contributed by atoms with Gasteiger partial charge in [-0.3, -0.25) is 4.98 Å². The number of aryl methyl sites for hydroxylation is 2. The zero-order valence-electron chi connectivity index (χ0n) is 11.2. The van der Waals surface area contributed by atoms with E-state index < -0.39 is 0 Å². The lowest BCUT2D eigenvalue weighted by atomic mass is 10.0. The fraction of sp³-hybridized carbons (Fsp3) is 0.176. The summed E-state index contributed by atoms with van der Waals surface area (Å²) in [5.74, 6) is 1.20. The monoisotopic (exact) mass is 261 g/mol. The summed E-state index contributed by atoms with van der Waals surface area (Å²) in [4.78, 5) is 9.33. The van der Waals surface area contributed by atoms with E-state index in [1.807, 2.05) is 30.5 Å². The number of hydrogen-bond acceptors (Lipinski definition) is 2. The van der Waals surface area contributed by atoms with Crippen molar-refractivity contribution in [1.29, 1.82) is 0 Å². The highest BCUT2D eigenvalue weighted by molar-refractivity contribution is 5.78. The van der Waals surface area contributed by atoms with E-state index >= 15 is 0 Å². The molecule has 20 heavy (non-hydrogen) atoms. The van der Waals surface area contributed by atoms with Crippen molar-refractivity contribution in [2.45, 2.75) is 19.4 Å². The molecule has 0 spiro atoms. The van der Waals surface area contributed by atoms with Crippen LogP contribution in [0.5, 0.6) is 0 Å². The summed E-state index contributed by atoms with van der Waals surface area (Å²) in [6, 6.07) is 14.4. The third-order valence-corrected chi connectivity index (χ3v) is 3.79. The molecular weight excluding hydrogens is 246 g/mol. The van der Waals surface area contributed by atoms with E-state index in [4.69, 9.17) is 4.98 Å². The van der Waals surface area contributed by atoms with Crippen molar-refractivity contribution in [3.63, 3.8) is 0 Å². The molecule has 0 unspecified atom stereocenters. The average Bonchev–Trinajstić information content (AvgIpc) is 3.09. The molecule has 0 saturated heterocycles. The van der Waals surface area contributed by atoms with Gasteiger partial charge >= 0.3 is 0 Å². The normalized spacial score (nSPS) is 13.4. The van der Waals surface area contributed by atoms with Crippen LogP contribution < -0.4 is 0 Å². The van der Waals surface area contributed by atoms with Crippen molar-refractivity contribution in [2.24, 2.45) is 0 Å². The van der Waals surface area contributed by atoms with Gasteiger partial charge in [-0.25, -0.2) is 4.98 Å². The van der Waals surface area contributed by atoms with Gasteiger partial charge in [-0.2, -0.15) is 0 Å². The van der Waals surface area contributed by atoms with Crippen molar-refractivity contribution in [2.75, 3.05) is 0 Å². The SMILES string of the molecule is c1ccc(-c2ncccc2-c2cn3c(n2)CCC3)cc1. The first-order valence-electron chi connectivity index (χ1n) is 6.99. The Labute approximate surface area is 117 Å². The van der Waals surface area contributed by atoms with Crippen molar-refractivity contribution >= 4 is 0 Å². The number of aromatic nitrogens is 3. The van der Waals surface area contributed by atoms with Crippen LogP contribution in [0.15, 0.2) is 54.9 Å². The van der Waals surface area contributed by atoms with Gasteiger partial charge in [0.1, 0.15) is 5.82 Å². The summed E-state index contributed by atoms with van der Waals surface area (Å²) in [5, 5.41) is 0. The molecule has 2 aromatic heterocycles. The van der Waals surface area contributed by atoms with E-state index in [1.54, 1.807) is 0 Å². The van der Waals surface area contributed by atoms with Crippen LogP contribution in [0.3, 0.4) is 0 Å². The minimum Gasteiger partial charge on any atom is -0.334 e. The molecule has 4 rings (SSSR count). The van der Waals surface area contributed by atoms with Crippen molar-refractivity contribution < 1.29 is 0 Å². The highest BCUT2D eigenvalue weighted by Gasteiger charge is 2.17. The third-order valence-electron chi connectivity index (χ3n) is 3.79. The van der Waals surface area contributed by atoms with E-state index in [0.717, 1.165) is 35.5 Å². The van der Waals surface area contributed by atoms with Gasteiger partial charge in [0.15, 0.2) is 0 Å². The van der Waals surface area contributed by atoms with Gasteiger partial charge in [-0.15, -0.1) is 0 Å². The van der Waals surface area contributed by atoms with E-state index in [9.17, 15) is 0 Å². The minimum atomic E-state index is 1.00. The molecule has 0 amide bonds. The Hall–Kier alpha value is -2.42. The zero-order valence-corrected chi connectivity index (χ0v) is 11.2. The molecule has 3 heteroatoms. The predicted molar refractivity (Wildman–Crippen MR) is 79.2 cm³/mol. The molecule has 0 N–H and O–H groups in total. The Morgan fingerprint density at radius 3 is 2.75 bits per heavy atom. The average molecular weight is 261 g/mol. The Bertz CT molecular complexity index is 722. The lowest BCUT2D eigenvalue weighted by molar-refractivity contribution is 0.750. The van der Waals surface area contributed by atoms with Gasteiger partial charge in [0.25, 0.3) is 0 Å². The van der Waals surface area contributed by atoms with Gasteiger partial charge in [0.05, 0.1) is 11.4 Å². The van der Waals surface area contributed by atoms with Gasteiger partial charge in [0, 0.05) is 36.5 Å². The van der Waals surface area contributed by atoms with Gasteiger partial charge < -0.3 is 4.57 Å². The van der Waals surface area contributed by atoms with E-state index in [-0.39, 0.29) is 0 Å². The first-order valence-corrected chi connectivity index (χ1v) is 6.99. The van der Waals surface area contributed by atoms with Crippen LogP contribution in [0.4, 0.5) is 0 Å². The second-order valence-electron chi connectivity index (χ2n) is 5.10. The quantitative estimate of drug-likeness (QED) is 0.706. The second-order valence-corrected chi connectivity index (χ2v) is 5.10. The van der Waals surface area contributed by atoms with Gasteiger partial charge in [-0.05, 0) is 18.6 Å². The number of pyridine rings is 1. The predicted octanol–water partition coefficient (Wildman–Crippen LogP) is 3.56. The summed E-state index contributed by atoms with van der Waals surface area (Å²) in [6.45, 7) is 1.09. The molecule has 0 radical (unpaired) electrons. The van der Waals surface area contributed by atoms with Gasteiger partial charge in [-0.1, -0.05) is 30.3 Å². The van der Waals surface area contributed by atoms with E-state index in [1.165, 1.54) is 12.2 Å². The topological polar surface area (TPSA) is 30.7 Å². The number of benzene rings is 1. The van der Waals surface area contributed by atoms with Crippen molar-refractivity contribution in [3.05, 3.63) is 60.7 Å². The molecule has 3 nitrogen and oxygen atoms in total. The number of hydrogen-bond donors (Lipinski definition) is 0. The van der Waals surface area contributed by atoms with Crippen LogP contribution >= 0.6 is 0 Å². The molecule has 0 bridgehead atoms. The maximum atomic E-state index is 4.77. The lowest BCUT2D eigenvalue weighted by Crippen LogP contribution is -1.89. The Kier molecular flexibility index (Phi) is 2.62. The van der Waals surface area contributed by atoms with Gasteiger partial charge in [0.2, 0.25) is 0 Å². The van der Waals surface area contributed by atoms with E-state index in [2.05, 4.69) is 33.9 Å². The number of nitrogens with zero attached hydrogens (tertiary/aromatic N) is 3. The molecular formula is C17H15N3. The number of fused-ring (bicyclic) bond motifs is 1. The molecule has 3 aromatic rings. The molecule has 3 heterocycles. The first-order chi connectivity index (χ1) is 9.92. The number of rotatable bonds is 2. The van der Waals surface area contributed by atoms with Crippen LogP contribution in [0.2, 0.25) is 0 Å². The van der Waals surface area contributed by atoms with Crippen LogP contribution in [-0.4, -0.2) is 14.5 Å². The summed E-state index contributed by atoms with van der Waals surface area (Å²) in [5.41, 5.74) is 4.29. The van der Waals surface area contributed by atoms with Crippen molar-refractivity contribution in [3.8, 4) is 22.5 Å². The Morgan fingerprint density at radius 2 is 1.90 bits per heavy atom. The van der Waals surface area contributed by atoms with Crippen molar-refractivity contribution in [1.82, 2.24) is 14.5 Å². The summed E-state index contributed by atoms with van der Waals surface area (Å²) < 4.78 is 2.26. The highest BCUT2D eigenvalue weighted by atomic mass is 15.1. The number of imidazole rings is 1. The second kappa shape index (κ2) is 4.60. The lowest BCUT2D eigenvalue weighted by Gasteiger charge is -2.06. The standard InChI is InChI=1S/C17H15N3/c1-2-6-13(7-3-1)17-14(8-4-10-18-17)15-12-20-11-5-9-16(20)19-15/h1-4,6-8,10,12H,5,9,11H2. The van der Waals surface area contributed by atoms with Crippen LogP contribution in [0, 0.1) is 0 Å². The summed E-state index contributed by atoms with van der Waals surface area (Å²) in [7, 11) is 0. The molecule has 1 aliphatic rings. The molecule has 0 fully saturated rings. The summed E-state index contributed by atoms with van der Waals surface area (Å²) in [6.07, 6.45) is 6.30. The molecule has 0 aliphatic carbocycles. The highest BCUT2D eigenvalue weighted by Crippen LogP contribution is 2.30.